The molecule has 0 amide bonds. The van der Waals surface area contributed by atoms with Gasteiger partial charge in [0.15, 0.2) is 5.65 Å². The van der Waals surface area contributed by atoms with Crippen LogP contribution in [0.3, 0.4) is 0 Å². The van der Waals surface area contributed by atoms with Gasteiger partial charge in [-0.3, -0.25) is 9.36 Å². The highest BCUT2D eigenvalue weighted by Crippen LogP contribution is 2.29. The molecule has 0 saturated heterocycles. The Balaban J connectivity index is 1.70. The fourth-order valence-corrected chi connectivity index (χ4v) is 3.13. The van der Waals surface area contributed by atoms with Crippen molar-refractivity contribution in [2.24, 2.45) is 14.1 Å². The van der Waals surface area contributed by atoms with E-state index in [0.717, 1.165) is 40.3 Å². The number of hydrogen-bond donors (Lipinski definition) is 1. The van der Waals surface area contributed by atoms with E-state index >= 15 is 0 Å². The number of hydrogen-bond acceptors (Lipinski definition) is 5. The van der Waals surface area contributed by atoms with Gasteiger partial charge in [0.1, 0.15) is 17.4 Å². The summed E-state index contributed by atoms with van der Waals surface area (Å²) >= 11 is 0. The molecular weight excluding hydrogens is 340 g/mol. The van der Waals surface area contributed by atoms with Crippen LogP contribution in [0, 0.1) is 0 Å². The number of rotatable bonds is 5. The molecule has 0 radical (unpaired) electrons. The molecular formula is C20H22N6O. The first-order valence-corrected chi connectivity index (χ1v) is 8.86. The van der Waals surface area contributed by atoms with Crippen molar-refractivity contribution in [2.45, 2.75) is 13.3 Å². The summed E-state index contributed by atoms with van der Waals surface area (Å²) in [6.45, 7) is 2.15. The van der Waals surface area contributed by atoms with Crippen molar-refractivity contribution >= 4 is 22.7 Å². The second-order valence-electron chi connectivity index (χ2n) is 6.43. The van der Waals surface area contributed by atoms with Crippen molar-refractivity contribution in [1.29, 1.82) is 0 Å². The zero-order valence-corrected chi connectivity index (χ0v) is 15.9. The molecule has 7 nitrogen and oxygen atoms in total. The smallest absolute Gasteiger partial charge is 0.163 e. The molecule has 0 spiro atoms. The maximum atomic E-state index is 5.49. The lowest BCUT2D eigenvalue weighted by atomic mass is 10.1. The molecule has 0 unspecified atom stereocenters. The van der Waals surface area contributed by atoms with Crippen LogP contribution in [0.15, 0.2) is 42.6 Å². The lowest BCUT2D eigenvalue weighted by Crippen LogP contribution is -2.02. The quantitative estimate of drug-likeness (QED) is 0.586. The second kappa shape index (κ2) is 6.75. The Morgan fingerprint density at radius 2 is 1.96 bits per heavy atom. The van der Waals surface area contributed by atoms with Gasteiger partial charge in [0.25, 0.3) is 0 Å². The van der Waals surface area contributed by atoms with Crippen LogP contribution in [0.4, 0.5) is 11.6 Å². The molecule has 4 rings (SSSR count). The van der Waals surface area contributed by atoms with Crippen molar-refractivity contribution in [3.8, 4) is 17.0 Å². The van der Waals surface area contributed by atoms with Crippen LogP contribution >= 0.6 is 0 Å². The van der Waals surface area contributed by atoms with Gasteiger partial charge >= 0.3 is 0 Å². The summed E-state index contributed by atoms with van der Waals surface area (Å²) in [4.78, 5) is 4.66. The van der Waals surface area contributed by atoms with E-state index in [1.54, 1.807) is 18.0 Å². The van der Waals surface area contributed by atoms with Gasteiger partial charge < -0.3 is 10.1 Å². The molecule has 27 heavy (non-hydrogen) atoms. The van der Waals surface area contributed by atoms with Gasteiger partial charge in [-0.25, -0.2) is 4.98 Å². The van der Waals surface area contributed by atoms with Crippen LogP contribution in [-0.4, -0.2) is 31.7 Å². The fraction of sp³-hybridized carbons (Fsp3) is 0.250. The Labute approximate surface area is 157 Å². The van der Waals surface area contributed by atoms with Crippen LogP contribution < -0.4 is 10.1 Å². The summed E-state index contributed by atoms with van der Waals surface area (Å²) in [5.74, 6) is 2.26. The minimum atomic E-state index is 0.680. The molecule has 0 bridgehead atoms. The van der Waals surface area contributed by atoms with E-state index in [9.17, 15) is 0 Å². The van der Waals surface area contributed by atoms with E-state index in [-0.39, 0.29) is 0 Å². The number of anilines is 2. The van der Waals surface area contributed by atoms with Crippen LogP contribution in [0.1, 0.15) is 12.5 Å². The van der Waals surface area contributed by atoms with E-state index in [1.807, 2.05) is 30.9 Å². The summed E-state index contributed by atoms with van der Waals surface area (Å²) < 4.78 is 9.04. The Hall–Kier alpha value is -3.35. The molecule has 0 aliphatic carbocycles. The highest BCUT2D eigenvalue weighted by atomic mass is 16.5. The maximum Gasteiger partial charge on any atom is 0.163 e. The molecule has 0 aliphatic heterocycles. The highest BCUT2D eigenvalue weighted by Gasteiger charge is 2.13. The number of ether oxygens (including phenoxy) is 1. The summed E-state index contributed by atoms with van der Waals surface area (Å²) in [6, 6.07) is 12.3. The number of fused-ring (bicyclic) bond motifs is 1. The third-order valence-electron chi connectivity index (χ3n) is 4.65. The SMILES string of the molecule is CCc1cccc(-c2cc(Nc3cc(OC)c4cnn(C)c4n3)n(C)n2)c1. The van der Waals surface area contributed by atoms with Crippen molar-refractivity contribution in [3.63, 3.8) is 0 Å². The van der Waals surface area contributed by atoms with Crippen LogP contribution in [0.2, 0.25) is 0 Å². The third kappa shape index (κ3) is 3.12. The van der Waals surface area contributed by atoms with Gasteiger partial charge in [0, 0.05) is 31.8 Å². The number of benzene rings is 1. The van der Waals surface area contributed by atoms with Crippen molar-refractivity contribution in [3.05, 3.63) is 48.2 Å². The van der Waals surface area contributed by atoms with Crippen molar-refractivity contribution in [1.82, 2.24) is 24.5 Å². The summed E-state index contributed by atoms with van der Waals surface area (Å²) in [5, 5.41) is 13.1. The van der Waals surface area contributed by atoms with Gasteiger partial charge in [-0.05, 0) is 18.1 Å². The number of nitrogens with one attached hydrogen (secondary N) is 1. The first-order valence-electron chi connectivity index (χ1n) is 8.86. The van der Waals surface area contributed by atoms with Crippen molar-refractivity contribution in [2.75, 3.05) is 12.4 Å². The largest absolute Gasteiger partial charge is 0.496 e. The number of aromatic nitrogens is 5. The van der Waals surface area contributed by atoms with Crippen LogP contribution in [0.5, 0.6) is 5.75 Å². The summed E-state index contributed by atoms with van der Waals surface area (Å²) in [6.07, 6.45) is 2.76. The monoisotopic (exact) mass is 362 g/mol. The van der Waals surface area contributed by atoms with E-state index in [1.165, 1.54) is 5.56 Å². The average molecular weight is 362 g/mol. The molecule has 3 heterocycles. The summed E-state index contributed by atoms with van der Waals surface area (Å²) in [7, 11) is 5.42. The predicted molar refractivity (Wildman–Crippen MR) is 106 cm³/mol. The second-order valence-corrected chi connectivity index (χ2v) is 6.43. The fourth-order valence-electron chi connectivity index (χ4n) is 3.13. The molecule has 0 atom stereocenters. The van der Waals surface area contributed by atoms with Crippen molar-refractivity contribution < 1.29 is 4.74 Å². The van der Waals surface area contributed by atoms with Gasteiger partial charge in [-0.1, -0.05) is 25.1 Å². The molecule has 3 aromatic heterocycles. The number of aryl methyl sites for hydroxylation is 3. The molecule has 4 aromatic rings. The maximum absolute atomic E-state index is 5.49. The highest BCUT2D eigenvalue weighted by molar-refractivity contribution is 5.84. The minimum absolute atomic E-state index is 0.680. The van der Waals surface area contributed by atoms with E-state index in [2.05, 4.69) is 51.7 Å². The topological polar surface area (TPSA) is 69.8 Å². The molecule has 1 N–H and O–H groups in total. The molecule has 1 aromatic carbocycles. The van der Waals surface area contributed by atoms with E-state index in [4.69, 9.17) is 4.74 Å². The third-order valence-corrected chi connectivity index (χ3v) is 4.65. The number of methoxy groups -OCH3 is 1. The summed E-state index contributed by atoms with van der Waals surface area (Å²) in [5.41, 5.74) is 4.07. The van der Waals surface area contributed by atoms with Gasteiger partial charge in [-0.15, -0.1) is 0 Å². The molecule has 138 valence electrons. The molecule has 0 aliphatic rings. The average Bonchev–Trinajstić information content (AvgIpc) is 3.24. The number of pyridine rings is 1. The first kappa shape index (κ1) is 17.1. The van der Waals surface area contributed by atoms with Crippen LogP contribution in [0.25, 0.3) is 22.3 Å². The minimum Gasteiger partial charge on any atom is -0.496 e. The standard InChI is InChI=1S/C20H22N6O/c1-5-13-7-6-8-14(9-13)16-10-19(25(2)24-16)22-18-11-17(27-4)15-12-21-26(3)20(15)23-18/h6-12H,5H2,1-4H3,(H,22,23). The first-order chi connectivity index (χ1) is 13.1. The lowest BCUT2D eigenvalue weighted by molar-refractivity contribution is 0.419. The van der Waals surface area contributed by atoms with Gasteiger partial charge in [0.05, 0.1) is 24.4 Å². The predicted octanol–water partition coefficient (Wildman–Crippen LogP) is 3.68. The molecule has 0 saturated carbocycles. The normalized spacial score (nSPS) is 11.1. The van der Waals surface area contributed by atoms with E-state index < -0.39 is 0 Å². The molecule has 0 fully saturated rings. The lowest BCUT2D eigenvalue weighted by Gasteiger charge is -2.08. The Kier molecular flexibility index (Phi) is 4.27. The van der Waals surface area contributed by atoms with E-state index in [0.29, 0.717) is 5.82 Å². The zero-order chi connectivity index (χ0) is 19.0. The zero-order valence-electron chi connectivity index (χ0n) is 15.9. The Morgan fingerprint density at radius 3 is 2.74 bits per heavy atom. The van der Waals surface area contributed by atoms with Gasteiger partial charge in [0.2, 0.25) is 0 Å². The molecule has 7 heteroatoms. The number of nitrogens with zero attached hydrogens (tertiary/aromatic N) is 5. The van der Waals surface area contributed by atoms with Crippen LogP contribution in [-0.2, 0) is 20.5 Å². The Morgan fingerprint density at radius 1 is 1.11 bits per heavy atom. The van der Waals surface area contributed by atoms with Gasteiger partial charge in [-0.2, -0.15) is 10.2 Å². The Bertz CT molecular complexity index is 1110.